The average molecular weight is 308 g/mol. The lowest BCUT2D eigenvalue weighted by Crippen LogP contribution is -2.23. The van der Waals surface area contributed by atoms with Gasteiger partial charge in [-0.25, -0.2) is 18.2 Å². The zero-order valence-corrected chi connectivity index (χ0v) is 12.4. The number of pyridine rings is 1. The van der Waals surface area contributed by atoms with Gasteiger partial charge in [-0.2, -0.15) is 0 Å². The maximum absolute atomic E-state index is 11.6. The molecule has 2 aromatic rings. The molecule has 1 N–H and O–H groups in total. The Balaban J connectivity index is 2.13. The van der Waals surface area contributed by atoms with Crippen LogP contribution < -0.4 is 0 Å². The fourth-order valence-corrected chi connectivity index (χ4v) is 4.40. The topological polar surface area (TPSA) is 88.7 Å². The van der Waals surface area contributed by atoms with Crippen LogP contribution in [0.5, 0.6) is 0 Å². The highest BCUT2D eigenvalue weighted by Gasteiger charge is 2.29. The van der Waals surface area contributed by atoms with Crippen LogP contribution in [-0.2, 0) is 9.84 Å². The van der Waals surface area contributed by atoms with E-state index in [0.29, 0.717) is 24.2 Å². The van der Waals surface area contributed by atoms with E-state index in [1.54, 1.807) is 12.1 Å². The predicted octanol–water partition coefficient (Wildman–Crippen LogP) is 1.63. The second kappa shape index (κ2) is 4.84. The van der Waals surface area contributed by atoms with Gasteiger partial charge in [-0.1, -0.05) is 6.07 Å². The summed E-state index contributed by atoms with van der Waals surface area (Å²) in [6, 6.07) is 5.42. The number of aryl methyl sites for hydroxylation is 1. The van der Waals surface area contributed by atoms with E-state index in [9.17, 15) is 18.3 Å². The molecule has 0 bridgehead atoms. The fraction of sp³-hybridized carbons (Fsp3) is 0.429. The van der Waals surface area contributed by atoms with E-state index in [4.69, 9.17) is 0 Å². The number of rotatable bonds is 2. The standard InChI is InChI=1S/C14H16N2O4S/c1-9-3-2-4-11-12(14(17)18)15-13(16(9)11)10-5-7-21(19,20)8-6-10/h2-4,10H,5-8H2,1H3,(H,17,18). The molecule has 0 amide bonds. The first kappa shape index (κ1) is 14.1. The van der Waals surface area contributed by atoms with Crippen LogP contribution in [0.1, 0.15) is 40.8 Å². The van der Waals surface area contributed by atoms with E-state index in [-0.39, 0.29) is 23.1 Å². The van der Waals surface area contributed by atoms with Gasteiger partial charge in [0.25, 0.3) is 0 Å². The van der Waals surface area contributed by atoms with Gasteiger partial charge in [0.15, 0.2) is 5.69 Å². The molecule has 6 nitrogen and oxygen atoms in total. The molecule has 21 heavy (non-hydrogen) atoms. The molecule has 0 aliphatic carbocycles. The van der Waals surface area contributed by atoms with Crippen molar-refractivity contribution in [1.82, 2.24) is 9.38 Å². The summed E-state index contributed by atoms with van der Waals surface area (Å²) in [4.78, 5) is 15.6. The number of carbonyl (C=O) groups is 1. The minimum Gasteiger partial charge on any atom is -0.476 e. The van der Waals surface area contributed by atoms with Crippen LogP contribution in [0.3, 0.4) is 0 Å². The molecule has 1 saturated heterocycles. The summed E-state index contributed by atoms with van der Waals surface area (Å²) in [6.45, 7) is 1.89. The second-order valence-corrected chi connectivity index (χ2v) is 7.74. The summed E-state index contributed by atoms with van der Waals surface area (Å²) < 4.78 is 24.9. The Kier molecular flexibility index (Phi) is 3.24. The quantitative estimate of drug-likeness (QED) is 0.911. The number of nitrogens with zero attached hydrogens (tertiary/aromatic N) is 2. The number of aromatic nitrogens is 2. The molecule has 0 radical (unpaired) electrons. The Morgan fingerprint density at radius 3 is 2.62 bits per heavy atom. The van der Waals surface area contributed by atoms with Gasteiger partial charge in [0.05, 0.1) is 17.0 Å². The lowest BCUT2D eigenvalue weighted by molar-refractivity contribution is 0.0693. The van der Waals surface area contributed by atoms with Crippen molar-refractivity contribution in [3.8, 4) is 0 Å². The molecule has 1 aliphatic heterocycles. The van der Waals surface area contributed by atoms with Crippen LogP contribution in [0.2, 0.25) is 0 Å². The Labute approximate surface area is 122 Å². The third-order valence-corrected chi connectivity index (χ3v) is 5.72. The highest BCUT2D eigenvalue weighted by Crippen LogP contribution is 2.30. The first-order valence-corrected chi connectivity index (χ1v) is 8.63. The lowest BCUT2D eigenvalue weighted by Gasteiger charge is -2.21. The molecule has 0 aromatic carbocycles. The molecule has 7 heteroatoms. The number of hydrogen-bond acceptors (Lipinski definition) is 4. The van der Waals surface area contributed by atoms with Crippen molar-refractivity contribution in [1.29, 1.82) is 0 Å². The zero-order valence-electron chi connectivity index (χ0n) is 11.6. The van der Waals surface area contributed by atoms with Gasteiger partial charge in [0.2, 0.25) is 0 Å². The molecule has 0 saturated carbocycles. The van der Waals surface area contributed by atoms with Gasteiger partial charge in [-0.15, -0.1) is 0 Å². The molecule has 0 spiro atoms. The molecular formula is C14H16N2O4S. The highest BCUT2D eigenvalue weighted by atomic mass is 32.2. The molecule has 1 fully saturated rings. The minimum atomic E-state index is -2.95. The predicted molar refractivity (Wildman–Crippen MR) is 77.5 cm³/mol. The third-order valence-electron chi connectivity index (χ3n) is 4.01. The van der Waals surface area contributed by atoms with E-state index in [1.807, 2.05) is 17.4 Å². The summed E-state index contributed by atoms with van der Waals surface area (Å²) in [6.07, 6.45) is 0.990. The van der Waals surface area contributed by atoms with E-state index in [1.165, 1.54) is 0 Å². The van der Waals surface area contributed by atoms with E-state index >= 15 is 0 Å². The molecule has 1 aliphatic rings. The highest BCUT2D eigenvalue weighted by molar-refractivity contribution is 7.91. The smallest absolute Gasteiger partial charge is 0.356 e. The molecule has 2 aromatic heterocycles. The van der Waals surface area contributed by atoms with Gasteiger partial charge in [-0.3, -0.25) is 4.40 Å². The molecule has 0 atom stereocenters. The van der Waals surface area contributed by atoms with Crippen molar-refractivity contribution in [2.24, 2.45) is 0 Å². The zero-order chi connectivity index (χ0) is 15.2. The fourth-order valence-electron chi connectivity index (χ4n) is 2.91. The third kappa shape index (κ3) is 2.42. The molecule has 3 heterocycles. The number of aromatic carboxylic acids is 1. The Morgan fingerprint density at radius 2 is 2.00 bits per heavy atom. The molecule has 3 rings (SSSR count). The average Bonchev–Trinajstić information content (AvgIpc) is 2.80. The molecular weight excluding hydrogens is 292 g/mol. The van der Waals surface area contributed by atoms with Crippen molar-refractivity contribution in [2.75, 3.05) is 11.5 Å². The normalized spacial score (nSPS) is 18.9. The summed E-state index contributed by atoms with van der Waals surface area (Å²) in [5.41, 5.74) is 1.49. The largest absolute Gasteiger partial charge is 0.476 e. The maximum atomic E-state index is 11.6. The van der Waals surface area contributed by atoms with Crippen molar-refractivity contribution in [2.45, 2.75) is 25.7 Å². The monoisotopic (exact) mass is 308 g/mol. The van der Waals surface area contributed by atoms with Gasteiger partial charge >= 0.3 is 5.97 Å². The summed E-state index contributed by atoms with van der Waals surface area (Å²) in [5.74, 6) is -0.139. The van der Waals surface area contributed by atoms with Crippen LogP contribution in [0.25, 0.3) is 5.52 Å². The van der Waals surface area contributed by atoms with Gasteiger partial charge in [0.1, 0.15) is 15.7 Å². The van der Waals surface area contributed by atoms with Gasteiger partial charge < -0.3 is 5.11 Å². The number of sulfone groups is 1. The van der Waals surface area contributed by atoms with Crippen molar-refractivity contribution < 1.29 is 18.3 Å². The number of carboxylic acid groups (broad SMARTS) is 1. The Hall–Kier alpha value is -1.89. The van der Waals surface area contributed by atoms with Crippen molar-refractivity contribution in [3.05, 3.63) is 35.4 Å². The molecule has 0 unspecified atom stereocenters. The van der Waals surface area contributed by atoms with E-state index in [0.717, 1.165) is 5.69 Å². The summed E-state index contributed by atoms with van der Waals surface area (Å²) in [7, 11) is -2.95. The second-order valence-electron chi connectivity index (χ2n) is 5.44. The van der Waals surface area contributed by atoms with Crippen molar-refractivity contribution >= 4 is 21.3 Å². The Bertz CT molecular complexity index is 809. The maximum Gasteiger partial charge on any atom is 0.356 e. The van der Waals surface area contributed by atoms with Crippen LogP contribution in [0.15, 0.2) is 18.2 Å². The van der Waals surface area contributed by atoms with Gasteiger partial charge in [-0.05, 0) is 31.9 Å². The molecule has 112 valence electrons. The van der Waals surface area contributed by atoms with E-state index < -0.39 is 15.8 Å². The van der Waals surface area contributed by atoms with Crippen molar-refractivity contribution in [3.63, 3.8) is 0 Å². The summed E-state index contributed by atoms with van der Waals surface area (Å²) >= 11 is 0. The number of carboxylic acids is 1. The number of imidazole rings is 1. The van der Waals surface area contributed by atoms with Crippen LogP contribution in [0, 0.1) is 6.92 Å². The van der Waals surface area contributed by atoms with Gasteiger partial charge in [0, 0.05) is 11.6 Å². The minimum absolute atomic E-state index is 0.0183. The Morgan fingerprint density at radius 1 is 1.33 bits per heavy atom. The first-order valence-electron chi connectivity index (χ1n) is 6.81. The van der Waals surface area contributed by atoms with Crippen LogP contribution >= 0.6 is 0 Å². The summed E-state index contributed by atoms with van der Waals surface area (Å²) in [5, 5.41) is 9.30. The van der Waals surface area contributed by atoms with Crippen LogP contribution in [0.4, 0.5) is 0 Å². The SMILES string of the molecule is Cc1cccc2c(C(=O)O)nc(C3CCS(=O)(=O)CC3)n12. The first-order chi connectivity index (χ1) is 9.89. The van der Waals surface area contributed by atoms with E-state index in [2.05, 4.69) is 4.98 Å². The number of fused-ring (bicyclic) bond motifs is 1. The lowest BCUT2D eigenvalue weighted by atomic mass is 10.0. The number of hydrogen-bond donors (Lipinski definition) is 1. The van der Waals surface area contributed by atoms with Crippen LogP contribution in [-0.4, -0.2) is 40.4 Å².